The number of fused-ring (bicyclic) bond motifs is 1. The molecular weight excluding hydrogens is 446 g/mol. The lowest BCUT2D eigenvalue weighted by atomic mass is 10.0. The first kappa shape index (κ1) is 15.6. The highest BCUT2D eigenvalue weighted by Crippen LogP contribution is 2.42. The van der Waals surface area contributed by atoms with Gasteiger partial charge in [0.1, 0.15) is 11.5 Å². The van der Waals surface area contributed by atoms with Gasteiger partial charge >= 0.3 is 0 Å². The molecule has 1 saturated carbocycles. The summed E-state index contributed by atoms with van der Waals surface area (Å²) in [5.74, 6) is 0.992. The number of halogens is 2. The topological polar surface area (TPSA) is 74.6 Å². The summed E-state index contributed by atoms with van der Waals surface area (Å²) in [7, 11) is 0. The van der Waals surface area contributed by atoms with Gasteiger partial charge in [0.05, 0.1) is 18.0 Å². The summed E-state index contributed by atoms with van der Waals surface area (Å²) in [6.07, 6.45) is 10.2. The zero-order chi connectivity index (χ0) is 16.0. The molecule has 0 saturated heterocycles. The molecule has 0 spiro atoms. The third kappa shape index (κ3) is 2.83. The summed E-state index contributed by atoms with van der Waals surface area (Å²) in [6.45, 7) is 0. The second kappa shape index (κ2) is 6.18. The second-order valence-electron chi connectivity index (χ2n) is 5.80. The van der Waals surface area contributed by atoms with Crippen LogP contribution in [0.15, 0.2) is 24.7 Å². The van der Waals surface area contributed by atoms with Gasteiger partial charge in [0.2, 0.25) is 5.28 Å². The predicted octanol–water partition coefficient (Wildman–Crippen LogP) is 4.16. The van der Waals surface area contributed by atoms with E-state index in [2.05, 4.69) is 54.1 Å². The molecule has 1 aliphatic carbocycles. The molecule has 3 aromatic rings. The fourth-order valence-corrected chi connectivity index (χ4v) is 4.69. The largest absolute Gasteiger partial charge is 0.383 e. The van der Waals surface area contributed by atoms with Crippen molar-refractivity contribution in [3.8, 4) is 0 Å². The number of hydrogen-bond acceptors (Lipinski definition) is 4. The normalized spacial score (nSPS) is 21.8. The SMILES string of the molecule is Nc1nc(Cl)nc2c1ccn2C1CCC(c2cnn(PI)c2)C1. The number of hydrogen-bond donors (Lipinski definition) is 1. The van der Waals surface area contributed by atoms with Gasteiger partial charge in [-0.05, 0) is 70.5 Å². The monoisotopic (exact) mass is 460 g/mol. The average Bonchev–Trinajstić information content (AvgIpc) is 3.25. The molecule has 3 unspecified atom stereocenters. The fourth-order valence-electron chi connectivity index (χ4n) is 3.43. The Kier molecular flexibility index (Phi) is 4.19. The molecule has 0 bridgehead atoms. The van der Waals surface area contributed by atoms with Crippen LogP contribution in [0.5, 0.6) is 0 Å². The van der Waals surface area contributed by atoms with E-state index in [1.54, 1.807) is 0 Å². The van der Waals surface area contributed by atoms with E-state index in [0.29, 0.717) is 24.2 Å². The van der Waals surface area contributed by atoms with Crippen molar-refractivity contribution in [1.82, 2.24) is 24.1 Å². The van der Waals surface area contributed by atoms with Crippen molar-refractivity contribution in [2.24, 2.45) is 0 Å². The number of nitrogens with two attached hydrogens (primary N) is 1. The Morgan fingerprint density at radius 3 is 3.00 bits per heavy atom. The molecule has 3 heterocycles. The highest BCUT2D eigenvalue weighted by molar-refractivity contribution is 14.2. The van der Waals surface area contributed by atoms with Crippen molar-refractivity contribution >= 4 is 56.9 Å². The van der Waals surface area contributed by atoms with Gasteiger partial charge in [0.15, 0.2) is 0 Å². The number of anilines is 1. The van der Waals surface area contributed by atoms with E-state index in [0.717, 1.165) is 30.3 Å². The van der Waals surface area contributed by atoms with Crippen molar-refractivity contribution < 1.29 is 0 Å². The van der Waals surface area contributed by atoms with Gasteiger partial charge in [-0.15, -0.1) is 0 Å². The molecule has 0 amide bonds. The van der Waals surface area contributed by atoms with Crippen LogP contribution in [0, 0.1) is 0 Å². The molecule has 3 atom stereocenters. The van der Waals surface area contributed by atoms with Gasteiger partial charge in [-0.25, -0.2) is 9.44 Å². The fraction of sp³-hybridized carbons (Fsp3) is 0.357. The van der Waals surface area contributed by atoms with E-state index in [9.17, 15) is 0 Å². The molecule has 9 heteroatoms. The standard InChI is InChI=1S/C14H15ClIN6P/c15-14-19-12(17)11-3-4-21(13(11)20-14)10-2-1-8(5-10)9-6-18-22(7-9)23-16/h3-4,6-8,10,23H,1-2,5H2,(H2,17,19,20). The maximum absolute atomic E-state index is 5.98. The van der Waals surface area contributed by atoms with E-state index >= 15 is 0 Å². The Balaban J connectivity index is 1.62. The number of rotatable bonds is 3. The zero-order valence-electron chi connectivity index (χ0n) is 12.2. The van der Waals surface area contributed by atoms with Crippen molar-refractivity contribution in [3.63, 3.8) is 0 Å². The van der Waals surface area contributed by atoms with E-state index in [1.807, 2.05) is 16.7 Å². The minimum absolute atomic E-state index is 0.203. The molecule has 0 aliphatic heterocycles. The van der Waals surface area contributed by atoms with E-state index in [1.165, 1.54) is 5.56 Å². The van der Waals surface area contributed by atoms with Gasteiger partial charge in [-0.1, -0.05) is 0 Å². The lowest BCUT2D eigenvalue weighted by Crippen LogP contribution is -2.06. The van der Waals surface area contributed by atoms with Crippen molar-refractivity contribution in [1.29, 1.82) is 0 Å². The number of nitrogens with zero attached hydrogens (tertiary/aromatic N) is 5. The zero-order valence-corrected chi connectivity index (χ0v) is 16.1. The molecule has 0 aromatic carbocycles. The smallest absolute Gasteiger partial charge is 0.226 e. The van der Waals surface area contributed by atoms with Gasteiger partial charge in [0.25, 0.3) is 0 Å². The lowest BCUT2D eigenvalue weighted by molar-refractivity contribution is 0.523. The van der Waals surface area contributed by atoms with Crippen LogP contribution in [0.1, 0.15) is 36.8 Å². The summed E-state index contributed by atoms with van der Waals surface area (Å²) in [5, 5.41) is 5.47. The van der Waals surface area contributed by atoms with Crippen LogP contribution in [0.3, 0.4) is 0 Å². The maximum Gasteiger partial charge on any atom is 0.226 e. The summed E-state index contributed by atoms with van der Waals surface area (Å²) < 4.78 is 4.20. The first-order valence-corrected chi connectivity index (χ1v) is 11.8. The number of aromatic nitrogens is 5. The van der Waals surface area contributed by atoms with Crippen LogP contribution in [-0.4, -0.2) is 24.1 Å². The third-order valence-electron chi connectivity index (χ3n) is 4.53. The van der Waals surface area contributed by atoms with Crippen molar-refractivity contribution in [3.05, 3.63) is 35.5 Å². The molecule has 3 aromatic heterocycles. The summed E-state index contributed by atoms with van der Waals surface area (Å²) in [5.41, 5.74) is 8.11. The van der Waals surface area contributed by atoms with E-state index < -0.39 is 0 Å². The van der Waals surface area contributed by atoms with Crippen LogP contribution < -0.4 is 5.73 Å². The molecule has 6 nitrogen and oxygen atoms in total. The summed E-state index contributed by atoms with van der Waals surface area (Å²) in [4.78, 5) is 8.40. The molecule has 4 rings (SSSR count). The van der Waals surface area contributed by atoms with Gasteiger partial charge in [-0.3, -0.25) is 0 Å². The Bertz CT molecular complexity index is 862. The van der Waals surface area contributed by atoms with Crippen molar-refractivity contribution in [2.45, 2.75) is 31.2 Å². The minimum atomic E-state index is 0.203. The van der Waals surface area contributed by atoms with E-state index in [4.69, 9.17) is 17.3 Å². The van der Waals surface area contributed by atoms with Crippen LogP contribution in [0.2, 0.25) is 5.28 Å². The highest BCUT2D eigenvalue weighted by Gasteiger charge is 2.29. The molecule has 2 N–H and O–H groups in total. The summed E-state index contributed by atoms with van der Waals surface area (Å²) in [6, 6.07) is 2.39. The average molecular weight is 461 g/mol. The second-order valence-corrected chi connectivity index (χ2v) is 8.22. The van der Waals surface area contributed by atoms with Gasteiger partial charge in [-0.2, -0.15) is 10.1 Å². The Hall–Kier alpha value is -0.920. The van der Waals surface area contributed by atoms with Gasteiger partial charge < -0.3 is 10.3 Å². The van der Waals surface area contributed by atoms with E-state index in [-0.39, 0.29) is 5.28 Å². The molecule has 120 valence electrons. The maximum atomic E-state index is 5.98. The van der Waals surface area contributed by atoms with Crippen LogP contribution in [0.25, 0.3) is 11.0 Å². The first-order chi connectivity index (χ1) is 11.2. The molecular formula is C14H15ClIN6P. The Morgan fingerprint density at radius 1 is 1.35 bits per heavy atom. The summed E-state index contributed by atoms with van der Waals surface area (Å²) >= 11 is 8.32. The molecule has 1 aliphatic rings. The highest BCUT2D eigenvalue weighted by atomic mass is 127. The first-order valence-electron chi connectivity index (χ1n) is 7.36. The minimum Gasteiger partial charge on any atom is -0.383 e. The Labute approximate surface area is 153 Å². The van der Waals surface area contributed by atoms with Gasteiger partial charge in [0, 0.05) is 18.4 Å². The molecule has 1 fully saturated rings. The number of nitrogen functional groups attached to an aromatic ring is 1. The quantitative estimate of drug-likeness (QED) is 0.362. The van der Waals surface area contributed by atoms with Crippen LogP contribution in [0.4, 0.5) is 5.82 Å². The Morgan fingerprint density at radius 2 is 2.22 bits per heavy atom. The van der Waals surface area contributed by atoms with Crippen molar-refractivity contribution in [2.75, 3.05) is 5.73 Å². The molecule has 0 radical (unpaired) electrons. The molecule has 23 heavy (non-hydrogen) atoms. The predicted molar refractivity (Wildman–Crippen MR) is 103 cm³/mol. The lowest BCUT2D eigenvalue weighted by Gasteiger charge is -2.14. The van der Waals surface area contributed by atoms with Crippen LogP contribution >= 0.6 is 40.0 Å². The third-order valence-corrected chi connectivity index (χ3v) is 6.60. The van der Waals surface area contributed by atoms with Crippen LogP contribution in [-0.2, 0) is 0 Å².